The van der Waals surface area contributed by atoms with Crippen LogP contribution in [0, 0.1) is 0 Å². The maximum atomic E-state index is 3.96. The average Bonchev–Trinajstić information content (AvgIpc) is 2.21. The van der Waals surface area contributed by atoms with Crippen LogP contribution < -0.4 is 0 Å². The van der Waals surface area contributed by atoms with Crippen LogP contribution in [0.1, 0.15) is 20.8 Å². The van der Waals surface area contributed by atoms with Crippen molar-refractivity contribution in [3.05, 3.63) is 72.4 Å². The molecule has 0 spiro atoms. The van der Waals surface area contributed by atoms with Gasteiger partial charge in [0, 0.05) is 0 Å². The quantitative estimate of drug-likeness (QED) is 0.562. The summed E-state index contributed by atoms with van der Waals surface area (Å²) >= 11 is 0. The molecule has 0 aromatic carbocycles. The van der Waals surface area contributed by atoms with Crippen molar-refractivity contribution in [2.45, 2.75) is 20.8 Å². The summed E-state index contributed by atoms with van der Waals surface area (Å²) in [5, 5.41) is 0. The summed E-state index contributed by atoms with van der Waals surface area (Å²) in [6.07, 6.45) is 9.86. The zero-order valence-electron chi connectivity index (χ0n) is 10.0. The molecular formula is C15H20. The zero-order valence-corrected chi connectivity index (χ0v) is 10.0. The first-order valence-electron chi connectivity index (χ1n) is 5.01. The van der Waals surface area contributed by atoms with Crippen molar-refractivity contribution in [1.82, 2.24) is 0 Å². The van der Waals surface area contributed by atoms with E-state index in [0.29, 0.717) is 0 Å². The third kappa shape index (κ3) is 5.02. The SMILES string of the molecule is C=CC(=C)C(/C=C\C)=C(C)\C=C/C(=C)C. The molecule has 0 aliphatic heterocycles. The summed E-state index contributed by atoms with van der Waals surface area (Å²) < 4.78 is 0. The molecule has 0 aliphatic carbocycles. The fraction of sp³-hybridized carbons (Fsp3) is 0.200. The fourth-order valence-corrected chi connectivity index (χ4v) is 1.13. The molecule has 0 saturated carbocycles. The van der Waals surface area contributed by atoms with Gasteiger partial charge in [0.2, 0.25) is 0 Å². The minimum atomic E-state index is 0.942. The van der Waals surface area contributed by atoms with Crippen molar-refractivity contribution in [2.75, 3.05) is 0 Å². The first-order valence-corrected chi connectivity index (χ1v) is 5.01. The van der Waals surface area contributed by atoms with E-state index in [0.717, 1.165) is 16.7 Å². The van der Waals surface area contributed by atoms with Crippen LogP contribution in [0.5, 0.6) is 0 Å². The maximum absolute atomic E-state index is 3.96. The van der Waals surface area contributed by atoms with Crippen molar-refractivity contribution in [2.24, 2.45) is 0 Å². The molecule has 0 atom stereocenters. The number of rotatable bonds is 5. The lowest BCUT2D eigenvalue weighted by molar-refractivity contribution is 1.39. The highest BCUT2D eigenvalue weighted by Crippen LogP contribution is 2.17. The van der Waals surface area contributed by atoms with Crippen LogP contribution in [-0.4, -0.2) is 0 Å². The molecule has 0 nitrogen and oxygen atoms in total. The van der Waals surface area contributed by atoms with Gasteiger partial charge in [0.25, 0.3) is 0 Å². The predicted molar refractivity (Wildman–Crippen MR) is 70.8 cm³/mol. The van der Waals surface area contributed by atoms with E-state index in [1.165, 1.54) is 5.57 Å². The summed E-state index contributed by atoms with van der Waals surface area (Å²) in [6.45, 7) is 17.5. The van der Waals surface area contributed by atoms with Gasteiger partial charge in [0.15, 0.2) is 0 Å². The number of hydrogen-bond donors (Lipinski definition) is 0. The Morgan fingerprint density at radius 2 is 1.60 bits per heavy atom. The van der Waals surface area contributed by atoms with E-state index in [1.54, 1.807) is 6.08 Å². The third-order valence-electron chi connectivity index (χ3n) is 1.97. The molecule has 0 heterocycles. The first-order chi connectivity index (χ1) is 7.02. The van der Waals surface area contributed by atoms with Crippen LogP contribution in [0.3, 0.4) is 0 Å². The molecule has 0 amide bonds. The lowest BCUT2D eigenvalue weighted by Crippen LogP contribution is -1.85. The van der Waals surface area contributed by atoms with Gasteiger partial charge >= 0.3 is 0 Å². The second kappa shape index (κ2) is 6.83. The van der Waals surface area contributed by atoms with Crippen LogP contribution in [0.4, 0.5) is 0 Å². The van der Waals surface area contributed by atoms with E-state index in [4.69, 9.17) is 0 Å². The lowest BCUT2D eigenvalue weighted by atomic mass is 10.0. The van der Waals surface area contributed by atoms with Crippen LogP contribution in [-0.2, 0) is 0 Å². The van der Waals surface area contributed by atoms with Crippen LogP contribution in [0.25, 0.3) is 0 Å². The van der Waals surface area contributed by atoms with Gasteiger partial charge in [-0.05, 0) is 37.5 Å². The summed E-state index contributed by atoms with van der Waals surface area (Å²) in [5.74, 6) is 0. The van der Waals surface area contributed by atoms with Gasteiger partial charge in [-0.25, -0.2) is 0 Å². The molecule has 0 unspecified atom stereocenters. The largest absolute Gasteiger partial charge is 0.0985 e. The highest BCUT2D eigenvalue weighted by atomic mass is 14.0. The van der Waals surface area contributed by atoms with Gasteiger partial charge < -0.3 is 0 Å². The molecule has 0 rings (SSSR count). The summed E-state index contributed by atoms with van der Waals surface area (Å²) in [6, 6.07) is 0. The molecule has 0 aliphatic rings. The van der Waals surface area contributed by atoms with E-state index < -0.39 is 0 Å². The molecular weight excluding hydrogens is 180 g/mol. The van der Waals surface area contributed by atoms with Crippen molar-refractivity contribution in [3.8, 4) is 0 Å². The Morgan fingerprint density at radius 3 is 2.00 bits per heavy atom. The monoisotopic (exact) mass is 200 g/mol. The molecule has 80 valence electrons. The fourth-order valence-electron chi connectivity index (χ4n) is 1.13. The topological polar surface area (TPSA) is 0 Å². The molecule has 0 bridgehead atoms. The van der Waals surface area contributed by atoms with Gasteiger partial charge in [-0.3, -0.25) is 0 Å². The molecule has 0 aromatic rings. The van der Waals surface area contributed by atoms with E-state index in [9.17, 15) is 0 Å². The van der Waals surface area contributed by atoms with Crippen LogP contribution >= 0.6 is 0 Å². The Hall–Kier alpha value is -1.56. The maximum Gasteiger partial charge on any atom is -0.0164 e. The van der Waals surface area contributed by atoms with Gasteiger partial charge in [0.05, 0.1) is 0 Å². The Labute approximate surface area is 93.7 Å². The minimum absolute atomic E-state index is 0.942. The highest BCUT2D eigenvalue weighted by Gasteiger charge is 1.97. The van der Waals surface area contributed by atoms with E-state index in [2.05, 4.69) is 26.7 Å². The van der Waals surface area contributed by atoms with E-state index in [-0.39, 0.29) is 0 Å². The standard InChI is InChI=1S/C15H20/c1-7-9-15(13(5)8-2)14(6)11-10-12(3)4/h7-11H,2-3,5H2,1,4,6H3/b9-7-,11-10-,15-14-. The van der Waals surface area contributed by atoms with Crippen molar-refractivity contribution < 1.29 is 0 Å². The molecule has 0 fully saturated rings. The molecule has 0 heteroatoms. The smallest absolute Gasteiger partial charge is 0.0164 e. The normalized spacial score (nSPS) is 13.0. The van der Waals surface area contributed by atoms with E-state index in [1.807, 2.05) is 38.2 Å². The Morgan fingerprint density at radius 1 is 1.00 bits per heavy atom. The highest BCUT2D eigenvalue weighted by molar-refractivity contribution is 5.49. The van der Waals surface area contributed by atoms with Crippen molar-refractivity contribution in [3.63, 3.8) is 0 Å². The van der Waals surface area contributed by atoms with E-state index >= 15 is 0 Å². The van der Waals surface area contributed by atoms with Gasteiger partial charge in [-0.15, -0.1) is 0 Å². The van der Waals surface area contributed by atoms with Gasteiger partial charge in [-0.2, -0.15) is 0 Å². The van der Waals surface area contributed by atoms with Gasteiger partial charge in [-0.1, -0.05) is 55.7 Å². The summed E-state index contributed by atoms with van der Waals surface area (Å²) in [4.78, 5) is 0. The van der Waals surface area contributed by atoms with Crippen molar-refractivity contribution in [1.29, 1.82) is 0 Å². The summed E-state index contributed by atoms with van der Waals surface area (Å²) in [5.41, 5.74) is 4.27. The predicted octanol–water partition coefficient (Wildman–Crippen LogP) is 4.75. The molecule has 0 N–H and O–H groups in total. The molecule has 15 heavy (non-hydrogen) atoms. The van der Waals surface area contributed by atoms with Gasteiger partial charge in [0.1, 0.15) is 0 Å². The Bertz CT molecular complexity index is 346. The summed E-state index contributed by atoms with van der Waals surface area (Å²) in [7, 11) is 0. The molecule has 0 saturated heterocycles. The second-order valence-corrected chi connectivity index (χ2v) is 3.51. The Kier molecular flexibility index (Phi) is 6.12. The first kappa shape index (κ1) is 13.4. The van der Waals surface area contributed by atoms with Crippen molar-refractivity contribution >= 4 is 0 Å². The molecule has 0 radical (unpaired) electrons. The minimum Gasteiger partial charge on any atom is -0.0985 e. The van der Waals surface area contributed by atoms with Crippen LogP contribution in [0.15, 0.2) is 72.4 Å². The lowest BCUT2D eigenvalue weighted by Gasteiger charge is -2.04. The second-order valence-electron chi connectivity index (χ2n) is 3.51. The zero-order chi connectivity index (χ0) is 11.8. The number of allylic oxidation sites excluding steroid dienone is 9. The Balaban J connectivity index is 5.17. The number of hydrogen-bond acceptors (Lipinski definition) is 0. The molecule has 0 aromatic heterocycles. The third-order valence-corrected chi connectivity index (χ3v) is 1.97. The average molecular weight is 200 g/mol. The van der Waals surface area contributed by atoms with Crippen LogP contribution in [0.2, 0.25) is 0 Å².